The van der Waals surface area contributed by atoms with Crippen LogP contribution in [0.25, 0.3) is 5.69 Å². The number of anilines is 3. The number of amides is 2. The number of carbonyl (C=O) groups excluding carboxylic acids is 2. The minimum absolute atomic E-state index is 0.0109. The minimum Gasteiger partial charge on any atom is -0.378 e. The van der Waals surface area contributed by atoms with Gasteiger partial charge in [-0.1, -0.05) is 0 Å². The maximum Gasteiger partial charge on any atom is 0.239 e. The number of morpholine rings is 1. The lowest BCUT2D eigenvalue weighted by molar-refractivity contribution is -0.119. The summed E-state index contributed by atoms with van der Waals surface area (Å²) in [6.07, 6.45) is 0. The predicted molar refractivity (Wildman–Crippen MR) is 132 cm³/mol. The van der Waals surface area contributed by atoms with Gasteiger partial charge < -0.3 is 20.3 Å². The summed E-state index contributed by atoms with van der Waals surface area (Å²) < 4.78 is 20.2. The molecule has 9 nitrogen and oxygen atoms in total. The second-order valence-corrected chi connectivity index (χ2v) is 8.47. The molecule has 1 saturated heterocycles. The number of halogens is 1. The highest BCUT2D eigenvalue weighted by Crippen LogP contribution is 2.19. The average Bonchev–Trinajstić information content (AvgIpc) is 3.20. The minimum atomic E-state index is -0.351. The third-order valence-electron chi connectivity index (χ3n) is 5.52. The van der Waals surface area contributed by atoms with Gasteiger partial charge in [-0.3, -0.25) is 14.5 Å². The number of hydrogen-bond acceptors (Lipinski definition) is 6. The van der Waals surface area contributed by atoms with Gasteiger partial charge in [0.05, 0.1) is 37.7 Å². The van der Waals surface area contributed by atoms with Gasteiger partial charge in [0.1, 0.15) is 11.6 Å². The number of aryl methyl sites for hydroxylation is 1. The number of ether oxygens (including phenoxy) is 1. The normalized spacial score (nSPS) is 13.7. The highest BCUT2D eigenvalue weighted by atomic mass is 19.1. The Balaban J connectivity index is 1.28. The molecule has 1 aliphatic rings. The quantitative estimate of drug-likeness (QED) is 0.515. The Bertz CT molecular complexity index is 1160. The second kappa shape index (κ2) is 11.1. The van der Waals surface area contributed by atoms with Crippen molar-refractivity contribution in [2.45, 2.75) is 6.92 Å². The molecule has 0 bridgehead atoms. The standard InChI is InChI=1S/C25H29FN6O3/c1-18-15-23(32(29-18)22-7-3-19(26)4-8-22)28-25(34)17-30(2)16-24(33)27-20-5-9-21(10-6-20)31-11-13-35-14-12-31/h3-10,15H,11-14,16-17H2,1-2H3,(H,27,33)(H,28,34). The first-order valence-electron chi connectivity index (χ1n) is 11.4. The summed E-state index contributed by atoms with van der Waals surface area (Å²) in [7, 11) is 1.70. The smallest absolute Gasteiger partial charge is 0.239 e. The largest absolute Gasteiger partial charge is 0.378 e. The van der Waals surface area contributed by atoms with E-state index in [2.05, 4.69) is 20.6 Å². The third-order valence-corrected chi connectivity index (χ3v) is 5.52. The summed E-state index contributed by atoms with van der Waals surface area (Å²) in [5, 5.41) is 10.0. The number of rotatable bonds is 8. The van der Waals surface area contributed by atoms with Crippen molar-refractivity contribution in [3.8, 4) is 5.69 Å². The van der Waals surface area contributed by atoms with Crippen LogP contribution in [0.15, 0.2) is 54.6 Å². The SMILES string of the molecule is Cc1cc(NC(=O)CN(C)CC(=O)Nc2ccc(N3CCOCC3)cc2)n(-c2ccc(F)cc2)n1. The summed E-state index contributed by atoms with van der Waals surface area (Å²) in [4.78, 5) is 28.9. The number of nitrogens with zero attached hydrogens (tertiary/aromatic N) is 4. The van der Waals surface area contributed by atoms with E-state index in [0.717, 1.165) is 18.8 Å². The number of likely N-dealkylation sites (N-methyl/N-ethyl adjacent to an activating group) is 1. The van der Waals surface area contributed by atoms with Crippen molar-refractivity contribution in [3.63, 3.8) is 0 Å². The molecule has 0 unspecified atom stereocenters. The Kier molecular flexibility index (Phi) is 7.74. The van der Waals surface area contributed by atoms with Crippen LogP contribution < -0.4 is 15.5 Å². The van der Waals surface area contributed by atoms with Crippen LogP contribution in [0.2, 0.25) is 0 Å². The van der Waals surface area contributed by atoms with E-state index in [0.29, 0.717) is 36.1 Å². The van der Waals surface area contributed by atoms with Gasteiger partial charge in [-0.2, -0.15) is 5.10 Å². The highest BCUT2D eigenvalue weighted by Gasteiger charge is 2.15. The third kappa shape index (κ3) is 6.65. The van der Waals surface area contributed by atoms with E-state index < -0.39 is 0 Å². The topological polar surface area (TPSA) is 91.7 Å². The van der Waals surface area contributed by atoms with Crippen LogP contribution in [-0.2, 0) is 14.3 Å². The molecular formula is C25H29FN6O3. The van der Waals surface area contributed by atoms with Gasteiger partial charge in [0.25, 0.3) is 0 Å². The van der Waals surface area contributed by atoms with E-state index in [1.165, 1.54) is 12.1 Å². The zero-order valence-corrected chi connectivity index (χ0v) is 19.8. The molecule has 2 N–H and O–H groups in total. The predicted octanol–water partition coefficient (Wildman–Crippen LogP) is 2.67. The van der Waals surface area contributed by atoms with Crippen LogP contribution in [0.4, 0.5) is 21.6 Å². The molecule has 10 heteroatoms. The maximum absolute atomic E-state index is 13.3. The second-order valence-electron chi connectivity index (χ2n) is 8.47. The Morgan fingerprint density at radius 2 is 1.57 bits per heavy atom. The molecule has 0 aliphatic carbocycles. The first-order valence-corrected chi connectivity index (χ1v) is 11.4. The molecule has 0 saturated carbocycles. The van der Waals surface area contributed by atoms with Crippen molar-refractivity contribution in [1.29, 1.82) is 0 Å². The molecule has 0 atom stereocenters. The van der Waals surface area contributed by atoms with E-state index in [-0.39, 0.29) is 30.7 Å². The van der Waals surface area contributed by atoms with Crippen molar-refractivity contribution in [2.75, 3.05) is 62.0 Å². The van der Waals surface area contributed by atoms with E-state index in [4.69, 9.17) is 4.74 Å². The van der Waals surface area contributed by atoms with Crippen LogP contribution in [0.1, 0.15) is 5.69 Å². The molecule has 2 heterocycles. The lowest BCUT2D eigenvalue weighted by Crippen LogP contribution is -2.36. The Morgan fingerprint density at radius 1 is 0.971 bits per heavy atom. The number of nitrogens with one attached hydrogen (secondary N) is 2. The lowest BCUT2D eigenvalue weighted by atomic mass is 10.2. The fraction of sp³-hybridized carbons (Fsp3) is 0.320. The number of aromatic nitrogens is 2. The summed E-state index contributed by atoms with van der Waals surface area (Å²) in [5.74, 6) is -0.390. The lowest BCUT2D eigenvalue weighted by Gasteiger charge is -2.28. The van der Waals surface area contributed by atoms with Crippen molar-refractivity contribution in [2.24, 2.45) is 0 Å². The van der Waals surface area contributed by atoms with Gasteiger partial charge >= 0.3 is 0 Å². The van der Waals surface area contributed by atoms with Crippen molar-refractivity contribution < 1.29 is 18.7 Å². The molecule has 35 heavy (non-hydrogen) atoms. The number of benzene rings is 2. The van der Waals surface area contributed by atoms with Gasteiger partial charge in [-0.05, 0) is 62.5 Å². The fourth-order valence-corrected chi connectivity index (χ4v) is 3.87. The molecule has 0 spiro atoms. The Hall–Kier alpha value is -3.76. The van der Waals surface area contributed by atoms with Gasteiger partial charge in [-0.25, -0.2) is 9.07 Å². The molecule has 184 valence electrons. The fourth-order valence-electron chi connectivity index (χ4n) is 3.87. The molecule has 2 amide bonds. The van der Waals surface area contributed by atoms with Gasteiger partial charge in [0.15, 0.2) is 0 Å². The number of hydrogen-bond donors (Lipinski definition) is 2. The molecule has 4 rings (SSSR count). The summed E-state index contributed by atoms with van der Waals surface area (Å²) in [6, 6.07) is 15.3. The summed E-state index contributed by atoms with van der Waals surface area (Å²) >= 11 is 0. The van der Waals surface area contributed by atoms with E-state index in [1.807, 2.05) is 24.3 Å². The summed E-state index contributed by atoms with van der Waals surface area (Å²) in [5.41, 5.74) is 3.12. The highest BCUT2D eigenvalue weighted by molar-refractivity contribution is 5.94. The Morgan fingerprint density at radius 3 is 2.23 bits per heavy atom. The van der Waals surface area contributed by atoms with Gasteiger partial charge in [-0.15, -0.1) is 0 Å². The molecule has 2 aromatic carbocycles. The average molecular weight is 481 g/mol. The van der Waals surface area contributed by atoms with Crippen LogP contribution >= 0.6 is 0 Å². The van der Waals surface area contributed by atoms with Crippen LogP contribution in [-0.4, -0.2) is 72.9 Å². The van der Waals surface area contributed by atoms with Crippen LogP contribution in [0.3, 0.4) is 0 Å². The molecule has 1 fully saturated rings. The number of carbonyl (C=O) groups is 2. The molecule has 1 aliphatic heterocycles. The van der Waals surface area contributed by atoms with E-state index in [9.17, 15) is 14.0 Å². The van der Waals surface area contributed by atoms with Gasteiger partial charge in [0.2, 0.25) is 11.8 Å². The van der Waals surface area contributed by atoms with Crippen molar-refractivity contribution in [3.05, 3.63) is 66.1 Å². The summed E-state index contributed by atoms with van der Waals surface area (Å²) in [6.45, 7) is 5.00. The van der Waals surface area contributed by atoms with Crippen LogP contribution in [0, 0.1) is 12.7 Å². The van der Waals surface area contributed by atoms with Gasteiger partial charge in [0, 0.05) is 30.5 Å². The maximum atomic E-state index is 13.3. The first kappa shape index (κ1) is 24.4. The first-order chi connectivity index (χ1) is 16.9. The molecule has 0 radical (unpaired) electrons. The van der Waals surface area contributed by atoms with Crippen LogP contribution in [0.5, 0.6) is 0 Å². The zero-order chi connectivity index (χ0) is 24.8. The molecule has 3 aromatic rings. The van der Waals surface area contributed by atoms with E-state index >= 15 is 0 Å². The molecular weight excluding hydrogens is 451 g/mol. The van der Waals surface area contributed by atoms with Crippen molar-refractivity contribution in [1.82, 2.24) is 14.7 Å². The zero-order valence-electron chi connectivity index (χ0n) is 19.8. The van der Waals surface area contributed by atoms with E-state index in [1.54, 1.807) is 41.8 Å². The molecule has 1 aromatic heterocycles. The van der Waals surface area contributed by atoms with Crippen molar-refractivity contribution >= 4 is 29.0 Å². The monoisotopic (exact) mass is 480 g/mol. The Labute approximate surface area is 203 Å².